The highest BCUT2D eigenvalue weighted by atomic mass is 79.9. The van der Waals surface area contributed by atoms with E-state index in [1.807, 2.05) is 17.9 Å². The maximum Gasteiger partial charge on any atom is 0.257 e. The molecule has 0 radical (unpaired) electrons. The largest absolute Gasteiger partial charge is 0.370 e. The molecule has 1 N–H and O–H groups in total. The van der Waals surface area contributed by atoms with Gasteiger partial charge in [0.15, 0.2) is 0 Å². The number of likely N-dealkylation sites (tertiary alicyclic amines) is 1. The first-order valence-corrected chi connectivity index (χ1v) is 8.17. The van der Waals surface area contributed by atoms with Crippen molar-refractivity contribution in [1.82, 2.24) is 9.88 Å². The van der Waals surface area contributed by atoms with Gasteiger partial charge in [0, 0.05) is 29.8 Å². The fraction of sp³-hybridized carbons (Fsp3) is 0.600. The minimum Gasteiger partial charge on any atom is -0.370 e. The SMILES string of the molecule is CCNc1ncc(Br)cc1C(=O)N1CCCCC1CC. The molecule has 110 valence electrons. The Kier molecular flexibility index (Phi) is 5.40. The summed E-state index contributed by atoms with van der Waals surface area (Å²) in [6.45, 7) is 5.77. The predicted molar refractivity (Wildman–Crippen MR) is 85.1 cm³/mol. The van der Waals surface area contributed by atoms with Gasteiger partial charge in [-0.1, -0.05) is 6.92 Å². The molecule has 0 spiro atoms. The van der Waals surface area contributed by atoms with Crippen LogP contribution in [0.2, 0.25) is 0 Å². The van der Waals surface area contributed by atoms with E-state index in [1.165, 1.54) is 6.42 Å². The van der Waals surface area contributed by atoms with Crippen LogP contribution in [0.3, 0.4) is 0 Å². The Labute approximate surface area is 129 Å². The molecular formula is C15H22BrN3O. The number of piperidine rings is 1. The second-order valence-corrected chi connectivity index (χ2v) is 6.05. The van der Waals surface area contributed by atoms with E-state index < -0.39 is 0 Å². The number of anilines is 1. The summed E-state index contributed by atoms with van der Waals surface area (Å²) >= 11 is 3.41. The smallest absolute Gasteiger partial charge is 0.257 e. The van der Waals surface area contributed by atoms with E-state index in [0.29, 0.717) is 17.4 Å². The Bertz CT molecular complexity index is 478. The van der Waals surface area contributed by atoms with Crippen LogP contribution in [-0.4, -0.2) is 34.9 Å². The molecule has 1 atom stereocenters. The molecule has 2 rings (SSSR count). The zero-order valence-corrected chi connectivity index (χ0v) is 13.7. The van der Waals surface area contributed by atoms with Crippen molar-refractivity contribution in [1.29, 1.82) is 0 Å². The Balaban J connectivity index is 2.29. The highest BCUT2D eigenvalue weighted by Crippen LogP contribution is 2.25. The maximum atomic E-state index is 12.8. The van der Waals surface area contributed by atoms with Crippen LogP contribution in [-0.2, 0) is 0 Å². The molecule has 1 aromatic heterocycles. The molecule has 1 aliphatic heterocycles. The first-order chi connectivity index (χ1) is 9.67. The number of nitrogens with one attached hydrogen (secondary N) is 1. The van der Waals surface area contributed by atoms with Gasteiger partial charge in [-0.2, -0.15) is 0 Å². The lowest BCUT2D eigenvalue weighted by molar-refractivity contribution is 0.0608. The molecule has 1 amide bonds. The van der Waals surface area contributed by atoms with Crippen molar-refractivity contribution in [2.45, 2.75) is 45.6 Å². The summed E-state index contributed by atoms with van der Waals surface area (Å²) in [4.78, 5) is 19.2. The fourth-order valence-corrected chi connectivity index (χ4v) is 3.09. The van der Waals surface area contributed by atoms with Gasteiger partial charge in [-0.15, -0.1) is 0 Å². The molecule has 0 aliphatic carbocycles. The van der Waals surface area contributed by atoms with Gasteiger partial charge in [0.25, 0.3) is 5.91 Å². The highest BCUT2D eigenvalue weighted by molar-refractivity contribution is 9.10. The van der Waals surface area contributed by atoms with Crippen molar-refractivity contribution in [2.24, 2.45) is 0 Å². The van der Waals surface area contributed by atoms with Crippen LogP contribution in [0.25, 0.3) is 0 Å². The van der Waals surface area contributed by atoms with Crippen LogP contribution in [0, 0.1) is 0 Å². The molecule has 1 aromatic rings. The number of aromatic nitrogens is 1. The number of carbonyl (C=O) groups excluding carboxylic acids is 1. The van der Waals surface area contributed by atoms with Crippen LogP contribution in [0.5, 0.6) is 0 Å². The molecule has 4 nitrogen and oxygen atoms in total. The zero-order chi connectivity index (χ0) is 14.5. The van der Waals surface area contributed by atoms with Gasteiger partial charge < -0.3 is 10.2 Å². The van der Waals surface area contributed by atoms with E-state index in [0.717, 1.165) is 36.8 Å². The maximum absolute atomic E-state index is 12.8. The molecule has 20 heavy (non-hydrogen) atoms. The second-order valence-electron chi connectivity index (χ2n) is 5.14. The minimum absolute atomic E-state index is 0.0984. The summed E-state index contributed by atoms with van der Waals surface area (Å²) in [5, 5.41) is 3.18. The number of amides is 1. The van der Waals surface area contributed by atoms with Gasteiger partial charge in [0.05, 0.1) is 5.56 Å². The summed E-state index contributed by atoms with van der Waals surface area (Å²) in [6, 6.07) is 2.24. The van der Waals surface area contributed by atoms with Crippen molar-refractivity contribution in [3.8, 4) is 0 Å². The van der Waals surface area contributed by atoms with Gasteiger partial charge in [-0.05, 0) is 54.6 Å². The third-order valence-electron chi connectivity index (χ3n) is 3.79. The van der Waals surface area contributed by atoms with Crippen molar-refractivity contribution in [2.75, 3.05) is 18.4 Å². The Morgan fingerprint density at radius 2 is 2.30 bits per heavy atom. The summed E-state index contributed by atoms with van der Waals surface area (Å²) in [5.41, 5.74) is 0.668. The lowest BCUT2D eigenvalue weighted by Gasteiger charge is -2.35. The average molecular weight is 340 g/mol. The number of hydrogen-bond acceptors (Lipinski definition) is 3. The monoisotopic (exact) mass is 339 g/mol. The number of pyridine rings is 1. The van der Waals surface area contributed by atoms with Gasteiger partial charge in [0.1, 0.15) is 5.82 Å². The predicted octanol–water partition coefficient (Wildman–Crippen LogP) is 3.68. The molecule has 2 heterocycles. The summed E-state index contributed by atoms with van der Waals surface area (Å²) in [6.07, 6.45) is 6.17. The standard InChI is InChI=1S/C15H22BrN3O/c1-3-12-7-5-6-8-19(12)15(20)13-9-11(16)10-18-14(13)17-4-2/h9-10,12H,3-8H2,1-2H3,(H,17,18). The third-order valence-corrected chi connectivity index (χ3v) is 4.22. The summed E-state index contributed by atoms with van der Waals surface area (Å²) in [5.74, 6) is 0.780. The fourth-order valence-electron chi connectivity index (χ4n) is 2.76. The lowest BCUT2D eigenvalue weighted by atomic mass is 9.99. The molecule has 0 bridgehead atoms. The van der Waals surface area contributed by atoms with Crippen molar-refractivity contribution in [3.63, 3.8) is 0 Å². The first kappa shape index (κ1) is 15.3. The van der Waals surface area contributed by atoms with E-state index in [4.69, 9.17) is 0 Å². The van der Waals surface area contributed by atoms with E-state index in [-0.39, 0.29) is 5.91 Å². The van der Waals surface area contributed by atoms with Gasteiger partial charge in [-0.25, -0.2) is 4.98 Å². The molecule has 1 unspecified atom stereocenters. The normalized spacial score (nSPS) is 18.9. The van der Waals surface area contributed by atoms with Gasteiger partial charge in [0.2, 0.25) is 0 Å². The first-order valence-electron chi connectivity index (χ1n) is 7.37. The van der Waals surface area contributed by atoms with Gasteiger partial charge in [-0.3, -0.25) is 4.79 Å². The molecule has 0 saturated carbocycles. The quantitative estimate of drug-likeness (QED) is 0.909. The van der Waals surface area contributed by atoms with Crippen LogP contribution < -0.4 is 5.32 Å². The number of hydrogen-bond donors (Lipinski definition) is 1. The van der Waals surface area contributed by atoms with Crippen molar-refractivity contribution < 1.29 is 4.79 Å². The molecular weight excluding hydrogens is 318 g/mol. The molecule has 0 aromatic carbocycles. The van der Waals surface area contributed by atoms with Crippen molar-refractivity contribution >= 4 is 27.7 Å². The van der Waals surface area contributed by atoms with Crippen molar-refractivity contribution in [3.05, 3.63) is 22.3 Å². The van der Waals surface area contributed by atoms with Crippen LogP contribution >= 0.6 is 15.9 Å². The second kappa shape index (κ2) is 7.07. The Morgan fingerprint density at radius 3 is 3.00 bits per heavy atom. The van der Waals surface area contributed by atoms with E-state index in [2.05, 4.69) is 33.2 Å². The Hall–Kier alpha value is -1.10. The minimum atomic E-state index is 0.0984. The lowest BCUT2D eigenvalue weighted by Crippen LogP contribution is -2.43. The zero-order valence-electron chi connectivity index (χ0n) is 12.2. The molecule has 1 aliphatic rings. The number of carbonyl (C=O) groups is 1. The van der Waals surface area contributed by atoms with Gasteiger partial charge >= 0.3 is 0 Å². The highest BCUT2D eigenvalue weighted by Gasteiger charge is 2.28. The average Bonchev–Trinajstić information content (AvgIpc) is 2.48. The molecule has 1 fully saturated rings. The van der Waals surface area contributed by atoms with Crippen LogP contribution in [0.15, 0.2) is 16.7 Å². The van der Waals surface area contributed by atoms with E-state index in [1.54, 1.807) is 6.20 Å². The molecule has 5 heteroatoms. The summed E-state index contributed by atoms with van der Waals surface area (Å²) in [7, 11) is 0. The Morgan fingerprint density at radius 1 is 1.50 bits per heavy atom. The topological polar surface area (TPSA) is 45.2 Å². The van der Waals surface area contributed by atoms with Crippen LogP contribution in [0.4, 0.5) is 5.82 Å². The van der Waals surface area contributed by atoms with Crippen LogP contribution in [0.1, 0.15) is 49.9 Å². The number of nitrogens with zero attached hydrogens (tertiary/aromatic N) is 2. The number of halogens is 1. The molecule has 1 saturated heterocycles. The van der Waals surface area contributed by atoms with E-state index >= 15 is 0 Å². The van der Waals surface area contributed by atoms with E-state index in [9.17, 15) is 4.79 Å². The summed E-state index contributed by atoms with van der Waals surface area (Å²) < 4.78 is 0.840. The third kappa shape index (κ3) is 3.32. The number of rotatable bonds is 4.